The number of ether oxygens (including phenoxy) is 1. The van der Waals surface area contributed by atoms with Gasteiger partial charge in [0.1, 0.15) is 11.6 Å². The van der Waals surface area contributed by atoms with Crippen LogP contribution in [0, 0.1) is 6.92 Å². The summed E-state index contributed by atoms with van der Waals surface area (Å²) in [5, 5.41) is 13.6. The number of benzene rings is 2. The summed E-state index contributed by atoms with van der Waals surface area (Å²) >= 11 is 0. The van der Waals surface area contributed by atoms with Gasteiger partial charge in [0.2, 0.25) is 5.91 Å². The number of morpholine rings is 1. The molecule has 1 aromatic heterocycles. The van der Waals surface area contributed by atoms with E-state index in [9.17, 15) is 4.79 Å². The Labute approximate surface area is 222 Å². The van der Waals surface area contributed by atoms with E-state index in [0.717, 1.165) is 55.4 Å². The molecule has 0 aliphatic carbocycles. The van der Waals surface area contributed by atoms with Crippen LogP contribution in [-0.4, -0.2) is 64.3 Å². The monoisotopic (exact) mass is 509 g/mol. The molecule has 0 unspecified atom stereocenters. The number of amides is 1. The summed E-state index contributed by atoms with van der Waals surface area (Å²) in [5.41, 5.74) is 5.02. The average Bonchev–Trinajstić information content (AvgIpc) is 3.35. The molecule has 194 valence electrons. The lowest BCUT2D eigenvalue weighted by Gasteiger charge is -2.26. The van der Waals surface area contributed by atoms with Crippen LogP contribution in [-0.2, 0) is 16.1 Å². The molecule has 38 heavy (non-hydrogen) atoms. The zero-order chi connectivity index (χ0) is 26.3. The fourth-order valence-corrected chi connectivity index (χ4v) is 4.20. The van der Waals surface area contributed by atoms with Gasteiger partial charge in [0.15, 0.2) is 0 Å². The fraction of sp³-hybridized carbons (Fsp3) is 0.241. The van der Waals surface area contributed by atoms with Crippen LogP contribution >= 0.6 is 0 Å². The van der Waals surface area contributed by atoms with E-state index >= 15 is 0 Å². The maximum atomic E-state index is 12.8. The molecule has 0 atom stereocenters. The normalized spacial score (nSPS) is 15.9. The maximum absolute atomic E-state index is 12.8. The van der Waals surface area contributed by atoms with Gasteiger partial charge in [-0.25, -0.2) is 14.7 Å². The molecule has 3 aromatic rings. The number of rotatable bonds is 8. The standard InChI is InChI=1S/C29H31N7O2/c1-22-4-10-26(11-5-22)36-28(32-29(37)12-14-31-35-15-3-13-30-23(35)2)20-27(33-36)25-8-6-24(7-9-25)21-34-16-18-38-19-17-34/h3-11,13-15,20H,2,12,16-19,21H2,1H3,(H,32,37). The van der Waals surface area contributed by atoms with Crippen molar-refractivity contribution in [1.82, 2.24) is 19.7 Å². The maximum Gasteiger partial charge on any atom is 0.230 e. The van der Waals surface area contributed by atoms with Gasteiger partial charge in [-0.1, -0.05) is 48.5 Å². The van der Waals surface area contributed by atoms with Gasteiger partial charge >= 0.3 is 0 Å². The molecular formula is C29H31N7O2. The number of aryl methyl sites for hydroxylation is 1. The van der Waals surface area contributed by atoms with Gasteiger partial charge in [0, 0.05) is 49.9 Å². The summed E-state index contributed by atoms with van der Waals surface area (Å²) < 4.78 is 7.21. The molecule has 0 spiro atoms. The highest BCUT2D eigenvalue weighted by Crippen LogP contribution is 2.26. The molecule has 1 saturated heterocycles. The van der Waals surface area contributed by atoms with Gasteiger partial charge in [-0.05, 0) is 30.7 Å². The molecule has 2 aromatic carbocycles. The number of aromatic nitrogens is 2. The van der Waals surface area contributed by atoms with Crippen molar-refractivity contribution in [2.45, 2.75) is 19.9 Å². The van der Waals surface area contributed by atoms with Crippen molar-refractivity contribution < 1.29 is 9.53 Å². The molecule has 1 fully saturated rings. The fourth-order valence-electron chi connectivity index (χ4n) is 4.20. The summed E-state index contributed by atoms with van der Waals surface area (Å²) in [7, 11) is 0. The average molecular weight is 510 g/mol. The van der Waals surface area contributed by atoms with Crippen LogP contribution in [0.2, 0.25) is 0 Å². The van der Waals surface area contributed by atoms with Crippen molar-refractivity contribution in [3.63, 3.8) is 0 Å². The van der Waals surface area contributed by atoms with E-state index < -0.39 is 0 Å². The van der Waals surface area contributed by atoms with Crippen molar-refractivity contribution in [2.75, 3.05) is 31.6 Å². The molecule has 2 aliphatic heterocycles. The van der Waals surface area contributed by atoms with E-state index in [1.807, 2.05) is 37.3 Å². The molecule has 0 bridgehead atoms. The van der Waals surface area contributed by atoms with Crippen LogP contribution in [0.4, 0.5) is 5.82 Å². The Morgan fingerprint density at radius 3 is 2.63 bits per heavy atom. The minimum absolute atomic E-state index is 0.0893. The highest BCUT2D eigenvalue weighted by Gasteiger charge is 2.15. The van der Waals surface area contributed by atoms with Crippen molar-refractivity contribution in [1.29, 1.82) is 0 Å². The minimum Gasteiger partial charge on any atom is -0.379 e. The number of hydrazone groups is 1. The lowest BCUT2D eigenvalue weighted by atomic mass is 10.1. The summed E-state index contributed by atoms with van der Waals surface area (Å²) in [5.74, 6) is 0.873. The molecule has 1 N–H and O–H groups in total. The topological polar surface area (TPSA) is 87.3 Å². The van der Waals surface area contributed by atoms with Crippen molar-refractivity contribution in [3.05, 3.63) is 90.4 Å². The number of carbonyl (C=O) groups excluding carboxylic acids is 1. The molecule has 5 rings (SSSR count). The first-order chi connectivity index (χ1) is 18.5. The Morgan fingerprint density at radius 1 is 1.13 bits per heavy atom. The summed E-state index contributed by atoms with van der Waals surface area (Å²) in [6, 6.07) is 18.4. The van der Waals surface area contributed by atoms with Gasteiger partial charge in [0.25, 0.3) is 0 Å². The second-order valence-corrected chi connectivity index (χ2v) is 9.18. The van der Waals surface area contributed by atoms with Crippen molar-refractivity contribution >= 4 is 24.2 Å². The highest BCUT2D eigenvalue weighted by molar-refractivity contribution is 5.99. The molecule has 9 nitrogen and oxygen atoms in total. The van der Waals surface area contributed by atoms with E-state index in [-0.39, 0.29) is 12.3 Å². The lowest BCUT2D eigenvalue weighted by molar-refractivity contribution is -0.115. The van der Waals surface area contributed by atoms with Gasteiger partial charge in [0.05, 0.1) is 31.0 Å². The number of carbonyl (C=O) groups is 1. The Bertz CT molecular complexity index is 1360. The zero-order valence-electron chi connectivity index (χ0n) is 21.5. The van der Waals surface area contributed by atoms with Crippen molar-refractivity contribution in [2.24, 2.45) is 10.1 Å². The van der Waals surface area contributed by atoms with Crippen LogP contribution < -0.4 is 5.32 Å². The first-order valence-electron chi connectivity index (χ1n) is 12.6. The number of allylic oxidation sites excluding steroid dienone is 1. The molecule has 0 radical (unpaired) electrons. The summed E-state index contributed by atoms with van der Waals surface area (Å²) in [6.45, 7) is 10.2. The van der Waals surface area contributed by atoms with Gasteiger partial charge in [-0.2, -0.15) is 10.2 Å². The number of nitrogens with zero attached hydrogens (tertiary/aromatic N) is 6. The van der Waals surface area contributed by atoms with Crippen molar-refractivity contribution in [3.8, 4) is 16.9 Å². The summed E-state index contributed by atoms with van der Waals surface area (Å²) in [6.07, 6.45) is 6.75. The Morgan fingerprint density at radius 2 is 1.89 bits per heavy atom. The van der Waals surface area contributed by atoms with E-state index in [2.05, 4.69) is 51.2 Å². The number of hydrogen-bond acceptors (Lipinski definition) is 7. The highest BCUT2D eigenvalue weighted by atomic mass is 16.5. The minimum atomic E-state index is -0.204. The predicted molar refractivity (Wildman–Crippen MR) is 150 cm³/mol. The van der Waals surface area contributed by atoms with E-state index in [0.29, 0.717) is 11.6 Å². The lowest BCUT2D eigenvalue weighted by Crippen LogP contribution is -2.35. The van der Waals surface area contributed by atoms with Crippen LogP contribution in [0.5, 0.6) is 0 Å². The van der Waals surface area contributed by atoms with E-state index in [4.69, 9.17) is 9.84 Å². The third-order valence-corrected chi connectivity index (χ3v) is 6.30. The number of anilines is 1. The Kier molecular flexibility index (Phi) is 7.86. The van der Waals surface area contributed by atoms with Crippen LogP contribution in [0.15, 0.2) is 89.4 Å². The molecule has 2 aliphatic rings. The smallest absolute Gasteiger partial charge is 0.230 e. The quantitative estimate of drug-likeness (QED) is 0.456. The third-order valence-electron chi connectivity index (χ3n) is 6.30. The number of aliphatic imine (C=N–C) groups is 1. The molecule has 0 saturated carbocycles. The number of hydrogen-bond donors (Lipinski definition) is 1. The Hall–Kier alpha value is -4.34. The number of nitrogens with one attached hydrogen (secondary N) is 1. The first-order valence-corrected chi connectivity index (χ1v) is 12.6. The van der Waals surface area contributed by atoms with Gasteiger partial charge < -0.3 is 10.1 Å². The van der Waals surface area contributed by atoms with Crippen LogP contribution in [0.25, 0.3) is 16.9 Å². The first kappa shape index (κ1) is 25.3. The molecule has 3 heterocycles. The van der Waals surface area contributed by atoms with Gasteiger partial charge in [-0.3, -0.25) is 9.69 Å². The molecule has 9 heteroatoms. The SMILES string of the molecule is C=C1N=CC=CN1N=CCC(=O)Nc1cc(-c2ccc(CN3CCOCC3)cc2)nn1-c1ccc(C)cc1. The third kappa shape index (κ3) is 6.31. The molecule has 1 amide bonds. The second kappa shape index (κ2) is 11.8. The largest absolute Gasteiger partial charge is 0.379 e. The van der Waals surface area contributed by atoms with E-state index in [1.165, 1.54) is 16.8 Å². The predicted octanol–water partition coefficient (Wildman–Crippen LogP) is 4.37. The van der Waals surface area contributed by atoms with Crippen LogP contribution in [0.3, 0.4) is 0 Å². The summed E-state index contributed by atoms with van der Waals surface area (Å²) in [4.78, 5) is 19.3. The van der Waals surface area contributed by atoms with Gasteiger partial charge in [-0.15, -0.1) is 0 Å². The second-order valence-electron chi connectivity index (χ2n) is 9.18. The molecular weight excluding hydrogens is 478 g/mol. The van der Waals surface area contributed by atoms with Crippen LogP contribution in [0.1, 0.15) is 17.5 Å². The van der Waals surface area contributed by atoms with E-state index in [1.54, 1.807) is 23.2 Å². The zero-order valence-corrected chi connectivity index (χ0v) is 21.5. The Balaban J connectivity index is 1.32.